The topological polar surface area (TPSA) is 66.2 Å². The molecule has 6 heteroatoms. The van der Waals surface area contributed by atoms with Crippen LogP contribution in [0.1, 0.15) is 12.6 Å². The molecule has 0 saturated heterocycles. The lowest BCUT2D eigenvalue weighted by molar-refractivity contribution is -0.122. The highest BCUT2D eigenvalue weighted by molar-refractivity contribution is 6.36. The standard InChI is InChI=1S/C15H20ClN3O2/c1-10(15(20)17-7-8-21-2)18-9-13-14(16)11-5-3-4-6-12(11)19-13/h3-6,10,18-19H,7-9H2,1-2H3,(H,17,20). The smallest absolute Gasteiger partial charge is 0.236 e. The summed E-state index contributed by atoms with van der Waals surface area (Å²) in [6.45, 7) is 3.34. The number of aromatic amines is 1. The summed E-state index contributed by atoms with van der Waals surface area (Å²) in [7, 11) is 1.60. The fourth-order valence-corrected chi connectivity index (χ4v) is 2.34. The molecule has 1 amide bonds. The maximum Gasteiger partial charge on any atom is 0.236 e. The highest BCUT2D eigenvalue weighted by atomic mass is 35.5. The predicted octanol–water partition coefficient (Wildman–Crippen LogP) is 2.06. The molecule has 1 aromatic heterocycles. The van der Waals surface area contributed by atoms with E-state index in [1.165, 1.54) is 0 Å². The first-order chi connectivity index (χ1) is 10.1. The molecule has 114 valence electrons. The number of fused-ring (bicyclic) bond motifs is 1. The third-order valence-electron chi connectivity index (χ3n) is 3.30. The van der Waals surface area contributed by atoms with E-state index in [2.05, 4.69) is 15.6 Å². The first-order valence-electron chi connectivity index (χ1n) is 6.88. The van der Waals surface area contributed by atoms with Crippen molar-refractivity contribution in [3.05, 3.63) is 35.0 Å². The Labute approximate surface area is 129 Å². The number of ether oxygens (including phenoxy) is 1. The molecule has 5 nitrogen and oxygen atoms in total. The molecule has 2 rings (SSSR count). The van der Waals surface area contributed by atoms with Gasteiger partial charge in [-0.05, 0) is 13.0 Å². The highest BCUT2D eigenvalue weighted by Crippen LogP contribution is 2.26. The van der Waals surface area contributed by atoms with Gasteiger partial charge in [0.25, 0.3) is 0 Å². The average molecular weight is 310 g/mol. The minimum Gasteiger partial charge on any atom is -0.383 e. The minimum atomic E-state index is -0.302. The van der Waals surface area contributed by atoms with Gasteiger partial charge in [-0.1, -0.05) is 29.8 Å². The molecule has 1 unspecified atom stereocenters. The Morgan fingerprint density at radius 2 is 2.19 bits per heavy atom. The molecule has 1 heterocycles. The van der Waals surface area contributed by atoms with E-state index >= 15 is 0 Å². The summed E-state index contributed by atoms with van der Waals surface area (Å²) >= 11 is 6.33. The maximum absolute atomic E-state index is 11.8. The van der Waals surface area contributed by atoms with Crippen molar-refractivity contribution in [3.8, 4) is 0 Å². The number of benzene rings is 1. The second-order valence-electron chi connectivity index (χ2n) is 4.85. The highest BCUT2D eigenvalue weighted by Gasteiger charge is 2.14. The van der Waals surface area contributed by atoms with E-state index in [4.69, 9.17) is 16.3 Å². The van der Waals surface area contributed by atoms with E-state index in [0.29, 0.717) is 24.7 Å². The summed E-state index contributed by atoms with van der Waals surface area (Å²) < 4.78 is 4.89. The monoisotopic (exact) mass is 309 g/mol. The molecule has 1 atom stereocenters. The fraction of sp³-hybridized carbons (Fsp3) is 0.400. The fourth-order valence-electron chi connectivity index (χ4n) is 2.06. The second-order valence-corrected chi connectivity index (χ2v) is 5.23. The van der Waals surface area contributed by atoms with Crippen LogP contribution in [-0.4, -0.2) is 37.2 Å². The molecule has 0 saturated carbocycles. The van der Waals surface area contributed by atoms with Crippen molar-refractivity contribution in [1.82, 2.24) is 15.6 Å². The molecule has 0 aliphatic carbocycles. The van der Waals surface area contributed by atoms with Crippen LogP contribution in [0.3, 0.4) is 0 Å². The minimum absolute atomic E-state index is 0.0562. The molecule has 0 radical (unpaired) electrons. The summed E-state index contributed by atoms with van der Waals surface area (Å²) in [6, 6.07) is 7.55. The van der Waals surface area contributed by atoms with Gasteiger partial charge in [0, 0.05) is 36.8 Å². The third-order valence-corrected chi connectivity index (χ3v) is 3.73. The summed E-state index contributed by atoms with van der Waals surface area (Å²) in [5, 5.41) is 7.64. The van der Waals surface area contributed by atoms with Gasteiger partial charge >= 0.3 is 0 Å². The van der Waals surface area contributed by atoms with E-state index in [1.807, 2.05) is 31.2 Å². The van der Waals surface area contributed by atoms with Crippen molar-refractivity contribution >= 4 is 28.4 Å². The lowest BCUT2D eigenvalue weighted by Crippen LogP contribution is -2.42. The summed E-state index contributed by atoms with van der Waals surface area (Å²) in [5.74, 6) is -0.0562. The molecule has 0 bridgehead atoms. The zero-order chi connectivity index (χ0) is 15.2. The van der Waals surface area contributed by atoms with Gasteiger partial charge in [0.05, 0.1) is 17.7 Å². The van der Waals surface area contributed by atoms with E-state index in [1.54, 1.807) is 7.11 Å². The number of nitrogens with one attached hydrogen (secondary N) is 3. The van der Waals surface area contributed by atoms with Crippen LogP contribution >= 0.6 is 11.6 Å². The van der Waals surface area contributed by atoms with Crippen molar-refractivity contribution in [2.45, 2.75) is 19.5 Å². The Bertz CT molecular complexity index is 612. The number of carbonyl (C=O) groups is 1. The number of aromatic nitrogens is 1. The van der Waals surface area contributed by atoms with Crippen LogP contribution in [0.15, 0.2) is 24.3 Å². The lowest BCUT2D eigenvalue weighted by atomic mass is 10.2. The van der Waals surface area contributed by atoms with Crippen LogP contribution < -0.4 is 10.6 Å². The van der Waals surface area contributed by atoms with Crippen LogP contribution in [0.5, 0.6) is 0 Å². The SMILES string of the molecule is COCCNC(=O)C(C)NCc1[nH]c2ccccc2c1Cl. The van der Waals surface area contributed by atoms with Crippen molar-refractivity contribution in [3.63, 3.8) is 0 Å². The van der Waals surface area contributed by atoms with Crippen LogP contribution in [0.25, 0.3) is 10.9 Å². The van der Waals surface area contributed by atoms with Crippen LogP contribution in [0.2, 0.25) is 5.02 Å². The van der Waals surface area contributed by atoms with Crippen molar-refractivity contribution in [1.29, 1.82) is 0 Å². The van der Waals surface area contributed by atoms with Crippen LogP contribution in [0, 0.1) is 0 Å². The number of halogens is 1. The first kappa shape index (κ1) is 15.8. The average Bonchev–Trinajstić information content (AvgIpc) is 2.82. The Kier molecular flexibility index (Phi) is 5.61. The van der Waals surface area contributed by atoms with Crippen molar-refractivity contribution < 1.29 is 9.53 Å². The Balaban J connectivity index is 1.92. The lowest BCUT2D eigenvalue weighted by Gasteiger charge is -2.13. The van der Waals surface area contributed by atoms with Crippen molar-refractivity contribution in [2.24, 2.45) is 0 Å². The van der Waals surface area contributed by atoms with Gasteiger partial charge in [-0.25, -0.2) is 0 Å². The molecule has 0 aliphatic heterocycles. The van der Waals surface area contributed by atoms with Gasteiger partial charge in [0.2, 0.25) is 5.91 Å². The summed E-state index contributed by atoms with van der Waals surface area (Å²) in [4.78, 5) is 15.1. The van der Waals surface area contributed by atoms with Gasteiger partial charge in [-0.3, -0.25) is 4.79 Å². The van der Waals surface area contributed by atoms with Crippen LogP contribution in [-0.2, 0) is 16.1 Å². The van der Waals surface area contributed by atoms with Crippen molar-refractivity contribution in [2.75, 3.05) is 20.3 Å². The number of para-hydroxylation sites is 1. The quantitative estimate of drug-likeness (QED) is 0.686. The van der Waals surface area contributed by atoms with Crippen LogP contribution in [0.4, 0.5) is 0 Å². The number of amides is 1. The van der Waals surface area contributed by atoms with E-state index in [-0.39, 0.29) is 11.9 Å². The van der Waals surface area contributed by atoms with Gasteiger partial charge in [0.1, 0.15) is 0 Å². The number of H-pyrrole nitrogens is 1. The predicted molar refractivity (Wildman–Crippen MR) is 84.5 cm³/mol. The molecule has 21 heavy (non-hydrogen) atoms. The summed E-state index contributed by atoms with van der Waals surface area (Å²) in [6.07, 6.45) is 0. The second kappa shape index (κ2) is 7.45. The van der Waals surface area contributed by atoms with E-state index in [9.17, 15) is 4.79 Å². The van der Waals surface area contributed by atoms with Gasteiger partial charge in [-0.15, -0.1) is 0 Å². The number of hydrogen-bond acceptors (Lipinski definition) is 3. The Morgan fingerprint density at radius 1 is 1.43 bits per heavy atom. The van der Waals surface area contributed by atoms with E-state index < -0.39 is 0 Å². The molecule has 0 spiro atoms. The molecule has 2 aromatic rings. The molecule has 3 N–H and O–H groups in total. The number of rotatable bonds is 7. The van der Waals surface area contributed by atoms with Gasteiger partial charge in [0.15, 0.2) is 0 Å². The summed E-state index contributed by atoms with van der Waals surface area (Å²) in [5.41, 5.74) is 1.88. The third kappa shape index (κ3) is 3.97. The Morgan fingerprint density at radius 3 is 2.90 bits per heavy atom. The molecule has 0 aliphatic rings. The number of carbonyl (C=O) groups excluding carboxylic acids is 1. The molecule has 1 aromatic carbocycles. The van der Waals surface area contributed by atoms with Gasteiger partial charge in [-0.2, -0.15) is 0 Å². The number of hydrogen-bond donors (Lipinski definition) is 3. The largest absolute Gasteiger partial charge is 0.383 e. The zero-order valence-electron chi connectivity index (χ0n) is 12.2. The normalized spacial score (nSPS) is 12.5. The zero-order valence-corrected chi connectivity index (χ0v) is 13.0. The Hall–Kier alpha value is -1.56. The molecular weight excluding hydrogens is 290 g/mol. The van der Waals surface area contributed by atoms with E-state index in [0.717, 1.165) is 16.6 Å². The first-order valence-corrected chi connectivity index (χ1v) is 7.26. The molecular formula is C15H20ClN3O2. The maximum atomic E-state index is 11.8. The number of methoxy groups -OCH3 is 1. The van der Waals surface area contributed by atoms with Gasteiger partial charge < -0.3 is 20.4 Å². The molecule has 0 fully saturated rings.